The Labute approximate surface area is 112 Å². The van der Waals surface area contributed by atoms with Crippen molar-refractivity contribution in [3.8, 4) is 0 Å². The zero-order chi connectivity index (χ0) is 13.1. The van der Waals surface area contributed by atoms with Crippen LogP contribution in [0.15, 0.2) is 30.5 Å². The smallest absolute Gasteiger partial charge is 0.251 e. The van der Waals surface area contributed by atoms with Crippen LogP contribution in [0.2, 0.25) is 0 Å². The molecule has 1 amide bonds. The van der Waals surface area contributed by atoms with Crippen molar-refractivity contribution in [1.82, 2.24) is 15.6 Å². The maximum atomic E-state index is 12.1. The summed E-state index contributed by atoms with van der Waals surface area (Å²) in [6.07, 6.45) is 4.29. The number of H-pyrrole nitrogens is 1. The van der Waals surface area contributed by atoms with Gasteiger partial charge in [-0.25, -0.2) is 0 Å². The molecule has 1 aromatic carbocycles. The Morgan fingerprint density at radius 1 is 1.37 bits per heavy atom. The SMILES string of the molecule is O=C(NCC1CCCNC1)c1ccc2[nH]ccc2c1. The minimum absolute atomic E-state index is 0.0219. The fourth-order valence-electron chi connectivity index (χ4n) is 2.63. The number of carbonyl (C=O) groups excluding carboxylic acids is 1. The number of piperidine rings is 1. The standard InChI is InChI=1S/C15H19N3O/c19-15(18-10-11-2-1-6-16-9-11)13-3-4-14-12(8-13)5-7-17-14/h3-5,7-8,11,16-17H,1-2,6,9-10H2,(H,18,19). The van der Waals surface area contributed by atoms with Crippen molar-refractivity contribution in [3.63, 3.8) is 0 Å². The molecule has 0 radical (unpaired) electrons. The summed E-state index contributed by atoms with van der Waals surface area (Å²) >= 11 is 0. The highest BCUT2D eigenvalue weighted by atomic mass is 16.1. The zero-order valence-electron chi connectivity index (χ0n) is 10.9. The summed E-state index contributed by atoms with van der Waals surface area (Å²) in [5, 5.41) is 7.48. The highest BCUT2D eigenvalue weighted by Crippen LogP contribution is 2.14. The van der Waals surface area contributed by atoms with Crippen molar-refractivity contribution in [2.24, 2.45) is 5.92 Å². The number of benzene rings is 1. The summed E-state index contributed by atoms with van der Waals surface area (Å²) in [6, 6.07) is 7.73. The first-order valence-corrected chi connectivity index (χ1v) is 6.89. The summed E-state index contributed by atoms with van der Waals surface area (Å²) in [7, 11) is 0. The summed E-state index contributed by atoms with van der Waals surface area (Å²) in [5.41, 5.74) is 1.80. The summed E-state index contributed by atoms with van der Waals surface area (Å²) in [5.74, 6) is 0.586. The molecule has 2 aromatic rings. The quantitative estimate of drug-likeness (QED) is 0.786. The minimum atomic E-state index is 0.0219. The first kappa shape index (κ1) is 12.2. The van der Waals surface area contributed by atoms with Gasteiger partial charge in [0.15, 0.2) is 0 Å². The summed E-state index contributed by atoms with van der Waals surface area (Å²) in [6.45, 7) is 2.88. The van der Waals surface area contributed by atoms with Crippen molar-refractivity contribution in [2.45, 2.75) is 12.8 Å². The van der Waals surface area contributed by atoms with E-state index in [9.17, 15) is 4.79 Å². The molecule has 1 unspecified atom stereocenters. The van der Waals surface area contributed by atoms with Gasteiger partial charge in [-0.15, -0.1) is 0 Å². The molecule has 1 aliphatic rings. The molecule has 0 saturated carbocycles. The second-order valence-electron chi connectivity index (χ2n) is 5.20. The average molecular weight is 257 g/mol. The largest absolute Gasteiger partial charge is 0.361 e. The van der Waals surface area contributed by atoms with Crippen LogP contribution in [0.25, 0.3) is 10.9 Å². The zero-order valence-corrected chi connectivity index (χ0v) is 10.9. The van der Waals surface area contributed by atoms with Crippen LogP contribution >= 0.6 is 0 Å². The van der Waals surface area contributed by atoms with Crippen LogP contribution in [-0.2, 0) is 0 Å². The van der Waals surface area contributed by atoms with Gasteiger partial charge in [0.25, 0.3) is 5.91 Å². The van der Waals surface area contributed by atoms with Gasteiger partial charge >= 0.3 is 0 Å². The van der Waals surface area contributed by atoms with E-state index in [1.807, 2.05) is 30.5 Å². The molecule has 1 fully saturated rings. The molecule has 0 aliphatic carbocycles. The predicted molar refractivity (Wildman–Crippen MR) is 76.2 cm³/mol. The third kappa shape index (κ3) is 2.79. The molecule has 19 heavy (non-hydrogen) atoms. The molecule has 0 bridgehead atoms. The molecule has 0 spiro atoms. The van der Waals surface area contributed by atoms with E-state index in [1.165, 1.54) is 12.8 Å². The lowest BCUT2D eigenvalue weighted by molar-refractivity contribution is 0.0945. The number of fused-ring (bicyclic) bond motifs is 1. The number of aromatic nitrogens is 1. The molecule has 3 N–H and O–H groups in total. The van der Waals surface area contributed by atoms with Gasteiger partial charge in [-0.2, -0.15) is 0 Å². The third-order valence-electron chi connectivity index (χ3n) is 3.77. The Hall–Kier alpha value is -1.81. The van der Waals surface area contributed by atoms with Gasteiger partial charge in [0.1, 0.15) is 0 Å². The number of aromatic amines is 1. The second kappa shape index (κ2) is 5.45. The van der Waals surface area contributed by atoms with E-state index in [4.69, 9.17) is 0 Å². The first-order valence-electron chi connectivity index (χ1n) is 6.89. The molecule has 1 aliphatic heterocycles. The van der Waals surface area contributed by atoms with Gasteiger partial charge in [0.05, 0.1) is 0 Å². The molecule has 4 heteroatoms. The van der Waals surface area contributed by atoms with Gasteiger partial charge in [-0.3, -0.25) is 4.79 Å². The lowest BCUT2D eigenvalue weighted by Gasteiger charge is -2.22. The highest BCUT2D eigenvalue weighted by Gasteiger charge is 2.14. The Balaban J connectivity index is 1.62. The third-order valence-corrected chi connectivity index (χ3v) is 3.77. The molecule has 2 heterocycles. The average Bonchev–Trinajstić information content (AvgIpc) is 2.93. The van der Waals surface area contributed by atoms with Gasteiger partial charge in [0, 0.05) is 29.2 Å². The van der Waals surface area contributed by atoms with Crippen LogP contribution in [0, 0.1) is 5.92 Å². The first-order chi connectivity index (χ1) is 9.33. The number of hydrogen-bond acceptors (Lipinski definition) is 2. The van der Waals surface area contributed by atoms with Crippen LogP contribution in [0.5, 0.6) is 0 Å². The number of amides is 1. The van der Waals surface area contributed by atoms with Gasteiger partial charge < -0.3 is 15.6 Å². The molecule has 100 valence electrons. The van der Waals surface area contributed by atoms with Gasteiger partial charge in [-0.05, 0) is 56.1 Å². The van der Waals surface area contributed by atoms with Crippen molar-refractivity contribution in [1.29, 1.82) is 0 Å². The van der Waals surface area contributed by atoms with Crippen LogP contribution in [-0.4, -0.2) is 30.5 Å². The molecule has 1 aromatic heterocycles. The van der Waals surface area contributed by atoms with E-state index in [-0.39, 0.29) is 5.91 Å². The maximum absolute atomic E-state index is 12.1. The number of nitrogens with one attached hydrogen (secondary N) is 3. The lowest BCUT2D eigenvalue weighted by atomic mass is 9.99. The van der Waals surface area contributed by atoms with Crippen LogP contribution in [0.1, 0.15) is 23.2 Å². The number of rotatable bonds is 3. The van der Waals surface area contributed by atoms with E-state index in [2.05, 4.69) is 15.6 Å². The van der Waals surface area contributed by atoms with Crippen molar-refractivity contribution in [2.75, 3.05) is 19.6 Å². The second-order valence-corrected chi connectivity index (χ2v) is 5.20. The lowest BCUT2D eigenvalue weighted by Crippen LogP contribution is -2.38. The van der Waals surface area contributed by atoms with Gasteiger partial charge in [0.2, 0.25) is 0 Å². The topological polar surface area (TPSA) is 56.9 Å². The molecule has 1 saturated heterocycles. The Morgan fingerprint density at radius 2 is 2.32 bits per heavy atom. The summed E-state index contributed by atoms with van der Waals surface area (Å²) in [4.78, 5) is 15.2. The number of carbonyl (C=O) groups is 1. The molecule has 1 atom stereocenters. The normalized spacial score (nSPS) is 19.5. The molecule has 3 rings (SSSR count). The van der Waals surface area contributed by atoms with E-state index >= 15 is 0 Å². The Bertz CT molecular complexity index is 570. The van der Waals surface area contributed by atoms with Crippen molar-refractivity contribution >= 4 is 16.8 Å². The summed E-state index contributed by atoms with van der Waals surface area (Å²) < 4.78 is 0. The molecular weight excluding hydrogens is 238 g/mol. The fourth-order valence-corrected chi connectivity index (χ4v) is 2.63. The van der Waals surface area contributed by atoms with E-state index in [1.54, 1.807) is 0 Å². The monoisotopic (exact) mass is 257 g/mol. The van der Waals surface area contributed by atoms with Crippen LogP contribution in [0.3, 0.4) is 0 Å². The van der Waals surface area contributed by atoms with Gasteiger partial charge in [-0.1, -0.05) is 0 Å². The van der Waals surface area contributed by atoms with Crippen LogP contribution < -0.4 is 10.6 Å². The molecule has 4 nitrogen and oxygen atoms in total. The molecular formula is C15H19N3O. The Morgan fingerprint density at radius 3 is 3.16 bits per heavy atom. The van der Waals surface area contributed by atoms with Crippen molar-refractivity contribution < 1.29 is 4.79 Å². The van der Waals surface area contributed by atoms with Crippen LogP contribution in [0.4, 0.5) is 0 Å². The van der Waals surface area contributed by atoms with Crippen molar-refractivity contribution in [3.05, 3.63) is 36.0 Å². The Kier molecular flexibility index (Phi) is 3.51. The fraction of sp³-hybridized carbons (Fsp3) is 0.400. The van der Waals surface area contributed by atoms with E-state index < -0.39 is 0 Å². The number of hydrogen-bond donors (Lipinski definition) is 3. The van der Waals surface area contributed by atoms with E-state index in [0.717, 1.165) is 36.1 Å². The minimum Gasteiger partial charge on any atom is -0.361 e. The predicted octanol–water partition coefficient (Wildman–Crippen LogP) is 1.90. The van der Waals surface area contributed by atoms with E-state index in [0.29, 0.717) is 5.92 Å². The maximum Gasteiger partial charge on any atom is 0.251 e. The highest BCUT2D eigenvalue weighted by molar-refractivity contribution is 5.98.